The highest BCUT2D eigenvalue weighted by molar-refractivity contribution is 7.12. The van der Waals surface area contributed by atoms with Gasteiger partial charge in [0.15, 0.2) is 5.78 Å². The van der Waals surface area contributed by atoms with Crippen molar-refractivity contribution in [3.8, 4) is 11.8 Å². The predicted molar refractivity (Wildman–Crippen MR) is 55.0 cm³/mol. The Kier molecular flexibility index (Phi) is 3.43. The van der Waals surface area contributed by atoms with E-state index in [9.17, 15) is 9.59 Å². The molecule has 2 N–H and O–H groups in total. The molecule has 1 amide bonds. The van der Waals surface area contributed by atoms with Crippen molar-refractivity contribution in [2.75, 3.05) is 0 Å². The zero-order valence-electron chi connectivity index (χ0n) is 7.66. The van der Waals surface area contributed by atoms with E-state index in [0.29, 0.717) is 4.88 Å². The van der Waals surface area contributed by atoms with Gasteiger partial charge < -0.3 is 5.73 Å². The summed E-state index contributed by atoms with van der Waals surface area (Å²) < 4.78 is 0. The minimum absolute atomic E-state index is 0.0259. The van der Waals surface area contributed by atoms with Crippen molar-refractivity contribution in [2.45, 2.75) is 13.3 Å². The monoisotopic (exact) mass is 207 g/mol. The summed E-state index contributed by atoms with van der Waals surface area (Å²) >= 11 is 1.35. The normalized spacial score (nSPS) is 8.93. The fraction of sp³-hybridized carbons (Fsp3) is 0.200. The van der Waals surface area contributed by atoms with Crippen LogP contribution in [0.3, 0.4) is 0 Å². The van der Waals surface area contributed by atoms with Crippen molar-refractivity contribution < 1.29 is 9.59 Å². The van der Waals surface area contributed by atoms with Gasteiger partial charge in [0.1, 0.15) is 0 Å². The first kappa shape index (κ1) is 10.5. The molecule has 0 saturated heterocycles. The van der Waals surface area contributed by atoms with Gasteiger partial charge >= 0.3 is 0 Å². The molecule has 0 atom stereocenters. The van der Waals surface area contributed by atoms with Gasteiger partial charge in [0.2, 0.25) is 5.91 Å². The second kappa shape index (κ2) is 4.58. The smallest absolute Gasteiger partial charge is 0.229 e. The molecule has 0 aliphatic carbocycles. The lowest BCUT2D eigenvalue weighted by Gasteiger charge is -1.81. The second-order valence-corrected chi connectivity index (χ2v) is 3.61. The molecule has 1 heterocycles. The predicted octanol–water partition coefficient (Wildman–Crippen LogP) is 1.18. The van der Waals surface area contributed by atoms with E-state index in [1.54, 1.807) is 11.4 Å². The highest BCUT2D eigenvalue weighted by atomic mass is 32.1. The van der Waals surface area contributed by atoms with Crippen molar-refractivity contribution in [1.29, 1.82) is 0 Å². The molecule has 0 radical (unpaired) electrons. The lowest BCUT2D eigenvalue weighted by Crippen LogP contribution is -2.08. The van der Waals surface area contributed by atoms with Crippen molar-refractivity contribution in [3.05, 3.63) is 21.9 Å². The van der Waals surface area contributed by atoms with Crippen molar-refractivity contribution in [3.63, 3.8) is 0 Å². The number of ketones is 1. The molecule has 72 valence electrons. The number of rotatable bonds is 2. The van der Waals surface area contributed by atoms with Crippen LogP contribution in [0.1, 0.15) is 28.6 Å². The van der Waals surface area contributed by atoms with Crippen molar-refractivity contribution in [2.24, 2.45) is 5.73 Å². The van der Waals surface area contributed by atoms with Crippen LogP contribution < -0.4 is 5.73 Å². The van der Waals surface area contributed by atoms with Gasteiger partial charge in [-0.25, -0.2) is 0 Å². The summed E-state index contributed by atoms with van der Waals surface area (Å²) in [7, 11) is 0. The molecule has 14 heavy (non-hydrogen) atoms. The Hall–Kier alpha value is -1.60. The molecule has 0 aromatic carbocycles. The molecular formula is C10H9NO2S. The van der Waals surface area contributed by atoms with E-state index < -0.39 is 5.91 Å². The molecule has 1 rings (SSSR count). The van der Waals surface area contributed by atoms with Gasteiger partial charge in [-0.2, -0.15) is 0 Å². The molecule has 0 bridgehead atoms. The van der Waals surface area contributed by atoms with Gasteiger partial charge in [0.25, 0.3) is 0 Å². The van der Waals surface area contributed by atoms with E-state index in [4.69, 9.17) is 5.73 Å². The van der Waals surface area contributed by atoms with Gasteiger partial charge in [-0.15, -0.1) is 11.3 Å². The highest BCUT2D eigenvalue weighted by Crippen LogP contribution is 2.13. The van der Waals surface area contributed by atoms with Crippen LogP contribution in [-0.4, -0.2) is 11.7 Å². The molecular weight excluding hydrogens is 198 g/mol. The number of hydrogen-bond acceptors (Lipinski definition) is 3. The molecule has 0 unspecified atom stereocenters. The molecule has 0 aliphatic rings. The number of primary amides is 1. The highest BCUT2D eigenvalue weighted by Gasteiger charge is 2.01. The Morgan fingerprint density at radius 2 is 2.29 bits per heavy atom. The third-order valence-corrected chi connectivity index (χ3v) is 2.47. The zero-order valence-corrected chi connectivity index (χ0v) is 8.48. The second-order valence-electron chi connectivity index (χ2n) is 2.70. The number of nitrogens with two attached hydrogens (primary N) is 1. The molecule has 0 fully saturated rings. The minimum atomic E-state index is -0.445. The van der Waals surface area contributed by atoms with Crippen LogP contribution in [0.4, 0.5) is 0 Å². The minimum Gasteiger partial charge on any atom is -0.369 e. The van der Waals surface area contributed by atoms with Gasteiger partial charge in [0.05, 0.1) is 11.3 Å². The molecule has 4 heteroatoms. The first-order valence-corrected chi connectivity index (χ1v) is 4.84. The van der Waals surface area contributed by atoms with E-state index in [1.165, 1.54) is 18.3 Å². The number of Topliss-reactive ketones (excluding diaryl/α,β-unsaturated/α-hetero) is 1. The van der Waals surface area contributed by atoms with Crippen LogP contribution >= 0.6 is 11.3 Å². The summed E-state index contributed by atoms with van der Waals surface area (Å²) in [5.41, 5.74) is 5.67. The van der Waals surface area contributed by atoms with Crippen LogP contribution in [0.25, 0.3) is 0 Å². The summed E-state index contributed by atoms with van der Waals surface area (Å²) in [5.74, 6) is 4.96. The first-order chi connectivity index (χ1) is 6.59. The number of hydrogen-bond donors (Lipinski definition) is 1. The van der Waals surface area contributed by atoms with E-state index in [1.807, 2.05) is 0 Å². The fourth-order valence-corrected chi connectivity index (χ4v) is 1.56. The summed E-state index contributed by atoms with van der Waals surface area (Å²) in [5, 5.41) is 1.78. The molecule has 1 aromatic rings. The third-order valence-electron chi connectivity index (χ3n) is 1.44. The van der Waals surface area contributed by atoms with E-state index in [0.717, 1.165) is 5.56 Å². The Morgan fingerprint density at radius 3 is 2.79 bits per heavy atom. The standard InChI is InChI=1S/C10H9NO2S/c1-7(12)9-5-8(6-14-9)3-2-4-10(11)13/h5-6H,4H2,1H3,(H2,11,13). The Labute approximate surface area is 85.9 Å². The molecule has 1 aromatic heterocycles. The fourth-order valence-electron chi connectivity index (χ4n) is 0.820. The average molecular weight is 207 g/mol. The van der Waals surface area contributed by atoms with Crippen LogP contribution in [0.15, 0.2) is 11.4 Å². The maximum Gasteiger partial charge on any atom is 0.229 e. The largest absolute Gasteiger partial charge is 0.369 e. The SMILES string of the molecule is CC(=O)c1cc(C#CCC(N)=O)cs1. The molecule has 0 spiro atoms. The Bertz CT molecular complexity index is 423. The molecule has 0 aliphatic heterocycles. The Balaban J connectivity index is 2.71. The third kappa shape index (κ3) is 3.04. The number of carbonyl (C=O) groups excluding carboxylic acids is 2. The van der Waals surface area contributed by atoms with Crippen LogP contribution in [0, 0.1) is 11.8 Å². The summed E-state index contributed by atoms with van der Waals surface area (Å²) in [6, 6.07) is 1.71. The maximum atomic E-state index is 10.9. The maximum absolute atomic E-state index is 10.9. The van der Waals surface area contributed by atoms with Gasteiger partial charge in [-0.05, 0) is 13.0 Å². The van der Waals surface area contributed by atoms with Crippen LogP contribution in [0.2, 0.25) is 0 Å². The number of carbonyl (C=O) groups is 2. The van der Waals surface area contributed by atoms with Crippen molar-refractivity contribution >= 4 is 23.0 Å². The Morgan fingerprint density at radius 1 is 1.57 bits per heavy atom. The zero-order chi connectivity index (χ0) is 10.6. The molecule has 3 nitrogen and oxygen atoms in total. The van der Waals surface area contributed by atoms with Gasteiger partial charge in [-0.1, -0.05) is 11.8 Å². The van der Waals surface area contributed by atoms with Crippen LogP contribution in [0.5, 0.6) is 0 Å². The first-order valence-electron chi connectivity index (χ1n) is 3.96. The van der Waals surface area contributed by atoms with Crippen LogP contribution in [-0.2, 0) is 4.79 Å². The van der Waals surface area contributed by atoms with Crippen molar-refractivity contribution in [1.82, 2.24) is 0 Å². The summed E-state index contributed by atoms with van der Waals surface area (Å²) in [6.45, 7) is 1.51. The van der Waals surface area contributed by atoms with Gasteiger partial charge in [0, 0.05) is 10.9 Å². The summed E-state index contributed by atoms with van der Waals surface area (Å²) in [4.78, 5) is 22.0. The van der Waals surface area contributed by atoms with E-state index in [-0.39, 0.29) is 12.2 Å². The topological polar surface area (TPSA) is 60.2 Å². The number of thiophene rings is 1. The van der Waals surface area contributed by atoms with E-state index in [2.05, 4.69) is 11.8 Å². The molecule has 0 saturated carbocycles. The van der Waals surface area contributed by atoms with E-state index >= 15 is 0 Å². The average Bonchev–Trinajstić information content (AvgIpc) is 2.52. The lowest BCUT2D eigenvalue weighted by molar-refractivity contribution is -0.117. The van der Waals surface area contributed by atoms with Gasteiger partial charge in [-0.3, -0.25) is 9.59 Å². The number of amides is 1. The summed E-state index contributed by atoms with van der Waals surface area (Å²) in [6.07, 6.45) is 0.0469. The quantitative estimate of drug-likeness (QED) is 0.584. The lowest BCUT2D eigenvalue weighted by atomic mass is 10.2.